The lowest BCUT2D eigenvalue weighted by Gasteiger charge is -2.24. The van der Waals surface area contributed by atoms with Crippen molar-refractivity contribution >= 4 is 19.8 Å². The van der Waals surface area contributed by atoms with E-state index in [4.69, 9.17) is 18.5 Å². The summed E-state index contributed by atoms with van der Waals surface area (Å²) in [5.41, 5.74) is 0. The number of phosphoric acid groups is 1. The second kappa shape index (κ2) is 52.1. The van der Waals surface area contributed by atoms with Crippen LogP contribution >= 0.6 is 7.82 Å². The van der Waals surface area contributed by atoms with Gasteiger partial charge in [-0.15, -0.1) is 0 Å². The molecule has 0 spiro atoms. The molecule has 1 N–H and O–H groups in total. The molecule has 0 aromatic carbocycles. The van der Waals surface area contributed by atoms with Crippen LogP contribution in [0.25, 0.3) is 0 Å². The van der Waals surface area contributed by atoms with Gasteiger partial charge in [-0.2, -0.15) is 0 Å². The van der Waals surface area contributed by atoms with Gasteiger partial charge in [0.2, 0.25) is 0 Å². The molecule has 0 saturated heterocycles. The minimum Gasteiger partial charge on any atom is -0.462 e. The van der Waals surface area contributed by atoms with Crippen molar-refractivity contribution in [2.75, 3.05) is 47.5 Å². The van der Waals surface area contributed by atoms with Crippen LogP contribution < -0.4 is 0 Å². The van der Waals surface area contributed by atoms with Gasteiger partial charge in [-0.25, -0.2) is 4.57 Å². The molecule has 0 aliphatic heterocycles. The summed E-state index contributed by atoms with van der Waals surface area (Å²) < 4.78 is 34.5. The van der Waals surface area contributed by atoms with E-state index < -0.39 is 26.5 Å². The lowest BCUT2D eigenvalue weighted by Crippen LogP contribution is -2.37. The minimum absolute atomic E-state index is 0.0303. The van der Waals surface area contributed by atoms with E-state index >= 15 is 0 Å². The maximum absolute atomic E-state index is 12.8. The Bertz CT molecular complexity index is 1470. The Balaban J connectivity index is 4.05. The van der Waals surface area contributed by atoms with E-state index in [2.05, 4.69) is 98.9 Å². The molecule has 0 aromatic heterocycles. The fourth-order valence-corrected chi connectivity index (χ4v) is 8.50. The number of rotatable bonds is 52. The van der Waals surface area contributed by atoms with E-state index in [-0.39, 0.29) is 32.0 Å². The summed E-state index contributed by atoms with van der Waals surface area (Å²) in [5, 5.41) is 0. The number of hydrogen-bond donors (Lipinski definition) is 1. The smallest absolute Gasteiger partial charge is 0.462 e. The van der Waals surface area contributed by atoms with E-state index in [0.717, 1.165) is 83.5 Å². The Morgan fingerprint density at radius 1 is 0.451 bits per heavy atom. The summed E-state index contributed by atoms with van der Waals surface area (Å²) in [6.45, 7) is 4.32. The van der Waals surface area contributed by atoms with Crippen molar-refractivity contribution in [2.24, 2.45) is 0 Å². The van der Waals surface area contributed by atoms with Crippen molar-refractivity contribution in [3.8, 4) is 0 Å². The SMILES string of the molecule is CC/C=C\C/C=C\C/C=C\C/C=C\C/C=C\C/C=C\C/C=C\CCCCCCCCCCCCCCCC(=O)OC(COC(=O)CCCCCCCCCCCCCC)COP(=O)(O)OCC[N+](C)(C)C. The molecule has 0 aliphatic rings. The lowest BCUT2D eigenvalue weighted by atomic mass is 10.0. The van der Waals surface area contributed by atoms with Crippen LogP contribution in [0.15, 0.2) is 85.1 Å². The van der Waals surface area contributed by atoms with E-state index in [1.54, 1.807) is 0 Å². The van der Waals surface area contributed by atoms with Crippen molar-refractivity contribution in [1.29, 1.82) is 0 Å². The van der Waals surface area contributed by atoms with Crippen LogP contribution in [0.4, 0.5) is 0 Å². The summed E-state index contributed by atoms with van der Waals surface area (Å²) in [4.78, 5) is 35.6. The number of unbranched alkanes of at least 4 members (excludes halogenated alkanes) is 24. The summed E-state index contributed by atoms with van der Waals surface area (Å²) in [7, 11) is 1.48. The third-order valence-electron chi connectivity index (χ3n) is 12.2. The molecule has 0 aromatic rings. The first-order chi connectivity index (χ1) is 34.5. The number of ether oxygens (including phenoxy) is 2. The number of carbonyl (C=O) groups is 2. The van der Waals surface area contributed by atoms with Crippen molar-refractivity contribution in [1.82, 2.24) is 0 Å². The molecule has 0 saturated carbocycles. The zero-order valence-electron chi connectivity index (χ0n) is 46.4. The minimum atomic E-state index is -4.38. The summed E-state index contributed by atoms with van der Waals surface area (Å²) in [5.74, 6) is -0.796. The lowest BCUT2D eigenvalue weighted by molar-refractivity contribution is -0.870. The van der Waals surface area contributed by atoms with Crippen LogP contribution in [-0.4, -0.2) is 74.9 Å². The molecular formula is C61H109NO8P+. The average molecular weight is 1020 g/mol. The molecule has 0 amide bonds. The first kappa shape index (κ1) is 68.2. The molecule has 2 atom stereocenters. The summed E-state index contributed by atoms with van der Waals surface area (Å²) >= 11 is 0. The summed E-state index contributed by atoms with van der Waals surface area (Å²) in [6.07, 6.45) is 69.4. The molecule has 0 heterocycles. The maximum Gasteiger partial charge on any atom is 0.472 e. The molecule has 0 rings (SSSR count). The number of phosphoric ester groups is 1. The van der Waals surface area contributed by atoms with Gasteiger partial charge in [0.15, 0.2) is 6.10 Å². The van der Waals surface area contributed by atoms with E-state index in [0.29, 0.717) is 17.4 Å². The van der Waals surface area contributed by atoms with Gasteiger partial charge in [0, 0.05) is 12.8 Å². The first-order valence-corrected chi connectivity index (χ1v) is 30.3. The highest BCUT2D eigenvalue weighted by molar-refractivity contribution is 7.47. The second-order valence-corrected chi connectivity index (χ2v) is 21.8. The van der Waals surface area contributed by atoms with E-state index in [1.807, 2.05) is 21.1 Å². The van der Waals surface area contributed by atoms with Gasteiger partial charge in [0.05, 0.1) is 27.7 Å². The van der Waals surface area contributed by atoms with E-state index in [9.17, 15) is 19.0 Å². The van der Waals surface area contributed by atoms with Crippen LogP contribution in [0, 0.1) is 0 Å². The molecular weight excluding hydrogens is 906 g/mol. The van der Waals surface area contributed by atoms with Gasteiger partial charge in [-0.05, 0) is 70.6 Å². The Hall–Kier alpha value is -2.81. The predicted molar refractivity (Wildman–Crippen MR) is 302 cm³/mol. The molecule has 0 aliphatic carbocycles. The zero-order valence-corrected chi connectivity index (χ0v) is 47.3. The Kier molecular flexibility index (Phi) is 50.0. The largest absolute Gasteiger partial charge is 0.472 e. The second-order valence-electron chi connectivity index (χ2n) is 20.3. The molecule has 2 unspecified atom stereocenters. The molecule has 10 heteroatoms. The van der Waals surface area contributed by atoms with Gasteiger partial charge in [0.25, 0.3) is 0 Å². The van der Waals surface area contributed by atoms with Gasteiger partial charge < -0.3 is 18.9 Å². The highest BCUT2D eigenvalue weighted by atomic mass is 31.2. The zero-order chi connectivity index (χ0) is 52.0. The molecule has 0 radical (unpaired) electrons. The first-order valence-electron chi connectivity index (χ1n) is 28.8. The highest BCUT2D eigenvalue weighted by Crippen LogP contribution is 2.43. The molecule has 9 nitrogen and oxygen atoms in total. The van der Waals surface area contributed by atoms with Gasteiger partial charge in [0.1, 0.15) is 19.8 Å². The fourth-order valence-electron chi connectivity index (χ4n) is 7.76. The normalized spacial score (nSPS) is 13.9. The van der Waals surface area contributed by atoms with Gasteiger partial charge in [-0.3, -0.25) is 18.6 Å². The number of allylic oxidation sites excluding steroid dienone is 14. The summed E-state index contributed by atoms with van der Waals surface area (Å²) in [6, 6.07) is 0. The van der Waals surface area contributed by atoms with Crippen LogP contribution in [0.1, 0.15) is 239 Å². The van der Waals surface area contributed by atoms with Crippen LogP contribution in [0.3, 0.4) is 0 Å². The molecule has 410 valence electrons. The number of likely N-dealkylation sites (N-methyl/N-ethyl adjacent to an activating group) is 1. The van der Waals surface area contributed by atoms with Crippen molar-refractivity contribution in [3.05, 3.63) is 85.1 Å². The monoisotopic (exact) mass is 1010 g/mol. The third kappa shape index (κ3) is 56.3. The van der Waals surface area contributed by atoms with Crippen molar-refractivity contribution in [2.45, 2.75) is 245 Å². The maximum atomic E-state index is 12.8. The van der Waals surface area contributed by atoms with Crippen molar-refractivity contribution in [3.63, 3.8) is 0 Å². The number of hydrogen-bond acceptors (Lipinski definition) is 7. The van der Waals surface area contributed by atoms with Crippen LogP contribution in [0.5, 0.6) is 0 Å². The van der Waals surface area contributed by atoms with Crippen molar-refractivity contribution < 1.29 is 42.1 Å². The Labute approximate surface area is 437 Å². The van der Waals surface area contributed by atoms with Crippen LogP contribution in [0.2, 0.25) is 0 Å². The van der Waals surface area contributed by atoms with Crippen LogP contribution in [-0.2, 0) is 32.7 Å². The quantitative estimate of drug-likeness (QED) is 0.0211. The number of quaternary nitrogens is 1. The van der Waals surface area contributed by atoms with E-state index in [1.165, 1.54) is 122 Å². The number of esters is 2. The predicted octanol–water partition coefficient (Wildman–Crippen LogP) is 17.9. The van der Waals surface area contributed by atoms with Gasteiger partial charge in [-0.1, -0.05) is 240 Å². The molecule has 0 bridgehead atoms. The highest BCUT2D eigenvalue weighted by Gasteiger charge is 2.27. The number of carbonyl (C=O) groups excluding carboxylic acids is 2. The average Bonchev–Trinajstić information content (AvgIpc) is 3.33. The Morgan fingerprint density at radius 2 is 0.803 bits per heavy atom. The van der Waals surface area contributed by atoms with Gasteiger partial charge >= 0.3 is 19.8 Å². The topological polar surface area (TPSA) is 108 Å². The fraction of sp³-hybridized carbons (Fsp3) is 0.738. The number of nitrogens with zero attached hydrogens (tertiary/aromatic N) is 1. The Morgan fingerprint density at radius 3 is 1.20 bits per heavy atom. The molecule has 0 fully saturated rings. The standard InChI is InChI=1S/C61H108NO8P/c1-6-8-10-12-14-16-18-20-21-22-23-24-25-26-27-28-29-30-31-32-33-34-35-36-37-38-39-40-41-42-44-46-48-50-52-54-61(64)70-59(58-69-71(65,66)68-56-55-62(3,4)5)57-67-60(63)53-51-49-47-45-43-19-17-15-13-11-9-7-2/h8,10,14,16,20-21,23-24,26-27,29-30,32-33,59H,6-7,9,11-13,15,17-19,22,25,28,31,34-58H2,1-5H3/p+1/b10-8-,16-14-,21-20-,24-23-,27-26-,30-29-,33-32-. The molecule has 71 heavy (non-hydrogen) atoms. The third-order valence-corrected chi connectivity index (χ3v) is 13.2.